The molecule has 1 unspecified atom stereocenters. The molecule has 1 heterocycles. The van der Waals surface area contributed by atoms with Gasteiger partial charge in [-0.25, -0.2) is 0 Å². The minimum absolute atomic E-state index is 0.694. The van der Waals surface area contributed by atoms with E-state index >= 15 is 0 Å². The summed E-state index contributed by atoms with van der Waals surface area (Å²) in [6.07, 6.45) is 4.80. The summed E-state index contributed by atoms with van der Waals surface area (Å²) >= 11 is 1.81. The SMILES string of the molecule is CSc1ccc(CN(CC(C)C)CC2CCCN2)cc1. The second-order valence-electron chi connectivity index (χ2n) is 6.23. The molecule has 0 amide bonds. The molecule has 3 heteroatoms. The number of nitrogens with one attached hydrogen (secondary N) is 1. The summed E-state index contributed by atoms with van der Waals surface area (Å²) in [5.74, 6) is 0.724. The Hall–Kier alpha value is -0.510. The van der Waals surface area contributed by atoms with E-state index in [-0.39, 0.29) is 0 Å². The highest BCUT2D eigenvalue weighted by Crippen LogP contribution is 2.17. The summed E-state index contributed by atoms with van der Waals surface area (Å²) in [7, 11) is 0. The maximum Gasteiger partial charge on any atom is 0.0234 e. The quantitative estimate of drug-likeness (QED) is 0.773. The standard InChI is InChI=1S/C17H28N2S/c1-14(2)11-19(13-16-5-4-10-18-16)12-15-6-8-17(20-3)9-7-15/h6-9,14,16,18H,4-5,10-13H2,1-3H3. The van der Waals surface area contributed by atoms with E-state index in [9.17, 15) is 0 Å². The topological polar surface area (TPSA) is 15.3 Å². The zero-order chi connectivity index (χ0) is 14.4. The Morgan fingerprint density at radius 2 is 2.05 bits per heavy atom. The average molecular weight is 292 g/mol. The van der Waals surface area contributed by atoms with Crippen LogP contribution in [0.4, 0.5) is 0 Å². The van der Waals surface area contributed by atoms with Crippen LogP contribution in [0.5, 0.6) is 0 Å². The molecular formula is C17H28N2S. The van der Waals surface area contributed by atoms with Crippen LogP contribution in [0.2, 0.25) is 0 Å². The first-order chi connectivity index (χ1) is 9.67. The van der Waals surface area contributed by atoms with E-state index in [0.717, 1.165) is 12.5 Å². The van der Waals surface area contributed by atoms with E-state index in [1.54, 1.807) is 0 Å². The molecule has 1 atom stereocenters. The fourth-order valence-electron chi connectivity index (χ4n) is 2.93. The third-order valence-electron chi connectivity index (χ3n) is 3.83. The Labute approximate surface area is 128 Å². The molecule has 1 aromatic carbocycles. The van der Waals surface area contributed by atoms with E-state index in [1.807, 2.05) is 11.8 Å². The largest absolute Gasteiger partial charge is 0.313 e. The number of thioether (sulfide) groups is 1. The molecule has 112 valence electrons. The Morgan fingerprint density at radius 1 is 1.30 bits per heavy atom. The molecule has 1 N–H and O–H groups in total. The van der Waals surface area contributed by atoms with Crippen molar-refractivity contribution in [3.63, 3.8) is 0 Å². The number of hydrogen-bond donors (Lipinski definition) is 1. The van der Waals surface area contributed by atoms with Crippen LogP contribution in [0, 0.1) is 5.92 Å². The van der Waals surface area contributed by atoms with Gasteiger partial charge in [-0.05, 0) is 49.3 Å². The average Bonchev–Trinajstić information content (AvgIpc) is 2.91. The Morgan fingerprint density at radius 3 is 2.60 bits per heavy atom. The number of rotatable bonds is 7. The summed E-state index contributed by atoms with van der Waals surface area (Å²) in [6, 6.07) is 9.73. The van der Waals surface area contributed by atoms with Gasteiger partial charge < -0.3 is 5.32 Å². The lowest BCUT2D eigenvalue weighted by Crippen LogP contribution is -2.38. The lowest BCUT2D eigenvalue weighted by molar-refractivity contribution is 0.216. The summed E-state index contributed by atoms with van der Waals surface area (Å²) in [6.45, 7) is 9.26. The number of hydrogen-bond acceptors (Lipinski definition) is 3. The van der Waals surface area contributed by atoms with Crippen molar-refractivity contribution in [3.8, 4) is 0 Å². The van der Waals surface area contributed by atoms with Crippen LogP contribution < -0.4 is 5.32 Å². The molecule has 20 heavy (non-hydrogen) atoms. The molecular weight excluding hydrogens is 264 g/mol. The van der Waals surface area contributed by atoms with Gasteiger partial charge in [0.15, 0.2) is 0 Å². The van der Waals surface area contributed by atoms with Gasteiger partial charge in [0.1, 0.15) is 0 Å². The number of nitrogens with zero attached hydrogens (tertiary/aromatic N) is 1. The maximum atomic E-state index is 3.62. The van der Waals surface area contributed by atoms with Gasteiger partial charge in [-0.2, -0.15) is 0 Å². The molecule has 0 aliphatic carbocycles. The Balaban J connectivity index is 1.94. The first-order valence-electron chi connectivity index (χ1n) is 7.76. The fraction of sp³-hybridized carbons (Fsp3) is 0.647. The highest BCUT2D eigenvalue weighted by molar-refractivity contribution is 7.98. The fourth-order valence-corrected chi connectivity index (χ4v) is 3.34. The van der Waals surface area contributed by atoms with Crippen molar-refractivity contribution in [1.82, 2.24) is 10.2 Å². The van der Waals surface area contributed by atoms with Crippen LogP contribution in [-0.4, -0.2) is 36.8 Å². The van der Waals surface area contributed by atoms with Crippen LogP contribution in [0.3, 0.4) is 0 Å². The highest BCUT2D eigenvalue weighted by atomic mass is 32.2. The van der Waals surface area contributed by atoms with Crippen molar-refractivity contribution in [2.45, 2.75) is 44.2 Å². The van der Waals surface area contributed by atoms with Crippen LogP contribution in [0.1, 0.15) is 32.3 Å². The minimum Gasteiger partial charge on any atom is -0.313 e. The van der Waals surface area contributed by atoms with Crippen molar-refractivity contribution < 1.29 is 0 Å². The molecule has 2 rings (SSSR count). The normalized spacial score (nSPS) is 19.1. The number of benzene rings is 1. The Kier molecular flexibility index (Phi) is 6.40. The van der Waals surface area contributed by atoms with E-state index in [1.165, 1.54) is 42.9 Å². The zero-order valence-electron chi connectivity index (χ0n) is 13.1. The molecule has 0 spiro atoms. The van der Waals surface area contributed by atoms with Gasteiger partial charge in [0.25, 0.3) is 0 Å². The molecule has 1 aromatic rings. The molecule has 0 saturated carbocycles. The molecule has 1 fully saturated rings. The van der Waals surface area contributed by atoms with Crippen molar-refractivity contribution in [2.75, 3.05) is 25.9 Å². The maximum absolute atomic E-state index is 3.62. The van der Waals surface area contributed by atoms with Crippen molar-refractivity contribution in [2.24, 2.45) is 5.92 Å². The smallest absolute Gasteiger partial charge is 0.0234 e. The van der Waals surface area contributed by atoms with Gasteiger partial charge in [-0.15, -0.1) is 11.8 Å². The van der Waals surface area contributed by atoms with E-state index in [2.05, 4.69) is 54.6 Å². The lowest BCUT2D eigenvalue weighted by Gasteiger charge is -2.27. The molecule has 0 aromatic heterocycles. The van der Waals surface area contributed by atoms with Gasteiger partial charge in [-0.1, -0.05) is 26.0 Å². The lowest BCUT2D eigenvalue weighted by atomic mass is 10.1. The summed E-state index contributed by atoms with van der Waals surface area (Å²) < 4.78 is 0. The van der Waals surface area contributed by atoms with Crippen LogP contribution >= 0.6 is 11.8 Å². The second kappa shape index (κ2) is 8.06. The van der Waals surface area contributed by atoms with Gasteiger partial charge in [0.05, 0.1) is 0 Å². The monoisotopic (exact) mass is 292 g/mol. The molecule has 1 aliphatic heterocycles. The van der Waals surface area contributed by atoms with Crippen molar-refractivity contribution >= 4 is 11.8 Å². The van der Waals surface area contributed by atoms with Crippen LogP contribution in [-0.2, 0) is 6.54 Å². The van der Waals surface area contributed by atoms with Gasteiger partial charge in [0.2, 0.25) is 0 Å². The molecule has 0 bridgehead atoms. The highest BCUT2D eigenvalue weighted by Gasteiger charge is 2.18. The minimum atomic E-state index is 0.694. The second-order valence-corrected chi connectivity index (χ2v) is 7.11. The predicted octanol–water partition coefficient (Wildman–Crippen LogP) is 3.62. The molecule has 1 aliphatic rings. The van der Waals surface area contributed by atoms with Crippen molar-refractivity contribution in [3.05, 3.63) is 29.8 Å². The summed E-state index contributed by atoms with van der Waals surface area (Å²) in [4.78, 5) is 3.96. The van der Waals surface area contributed by atoms with Gasteiger partial charge >= 0.3 is 0 Å². The third-order valence-corrected chi connectivity index (χ3v) is 4.57. The van der Waals surface area contributed by atoms with E-state index < -0.39 is 0 Å². The summed E-state index contributed by atoms with van der Waals surface area (Å²) in [5.41, 5.74) is 1.43. The van der Waals surface area contributed by atoms with Gasteiger partial charge in [0, 0.05) is 30.6 Å². The molecule has 0 radical (unpaired) electrons. The van der Waals surface area contributed by atoms with E-state index in [0.29, 0.717) is 6.04 Å². The first kappa shape index (κ1) is 15.9. The van der Waals surface area contributed by atoms with E-state index in [4.69, 9.17) is 0 Å². The van der Waals surface area contributed by atoms with Crippen LogP contribution in [0.15, 0.2) is 29.2 Å². The zero-order valence-corrected chi connectivity index (χ0v) is 13.9. The first-order valence-corrected chi connectivity index (χ1v) is 8.98. The molecule has 1 saturated heterocycles. The van der Waals surface area contributed by atoms with Crippen molar-refractivity contribution in [1.29, 1.82) is 0 Å². The molecule has 2 nitrogen and oxygen atoms in total. The van der Waals surface area contributed by atoms with Crippen LogP contribution in [0.25, 0.3) is 0 Å². The van der Waals surface area contributed by atoms with Gasteiger partial charge in [-0.3, -0.25) is 4.90 Å². The Bertz CT molecular complexity index is 382. The summed E-state index contributed by atoms with van der Waals surface area (Å²) in [5, 5.41) is 3.62. The third kappa shape index (κ3) is 5.12. The predicted molar refractivity (Wildman–Crippen MR) is 89.4 cm³/mol.